The second-order valence-electron chi connectivity index (χ2n) is 6.51. The second-order valence-corrected chi connectivity index (χ2v) is 6.51. The molecule has 2 N–H and O–H groups in total. The number of amides is 1. The summed E-state index contributed by atoms with van der Waals surface area (Å²) in [5, 5.41) is 12.6. The van der Waals surface area contributed by atoms with E-state index in [2.05, 4.69) is 5.32 Å². The van der Waals surface area contributed by atoms with Crippen LogP contribution in [-0.2, 0) is 4.74 Å². The molecule has 110 valence electrons. The Morgan fingerprint density at radius 3 is 2.40 bits per heavy atom. The van der Waals surface area contributed by atoms with Crippen LogP contribution in [0.5, 0.6) is 0 Å². The lowest BCUT2D eigenvalue weighted by molar-refractivity contribution is 0.0457. The molecule has 0 bridgehead atoms. The summed E-state index contributed by atoms with van der Waals surface area (Å²) in [6, 6.07) is 9.55. The van der Waals surface area contributed by atoms with Gasteiger partial charge in [0, 0.05) is 5.41 Å². The highest BCUT2D eigenvalue weighted by Gasteiger charge is 2.50. The van der Waals surface area contributed by atoms with Crippen LogP contribution in [-0.4, -0.2) is 23.4 Å². The normalized spacial score (nSPS) is 18.2. The first-order chi connectivity index (χ1) is 9.36. The van der Waals surface area contributed by atoms with Gasteiger partial charge in [0.2, 0.25) is 0 Å². The molecule has 0 heterocycles. The van der Waals surface area contributed by atoms with E-state index in [-0.39, 0.29) is 18.1 Å². The number of benzene rings is 1. The molecule has 4 heteroatoms. The number of hydrogen-bond donors (Lipinski definition) is 2. The molecule has 0 spiro atoms. The molecule has 20 heavy (non-hydrogen) atoms. The van der Waals surface area contributed by atoms with Gasteiger partial charge in [0.15, 0.2) is 0 Å². The van der Waals surface area contributed by atoms with E-state index in [4.69, 9.17) is 4.74 Å². The molecule has 1 unspecified atom stereocenters. The minimum absolute atomic E-state index is 0.0718. The van der Waals surface area contributed by atoms with Crippen LogP contribution < -0.4 is 5.32 Å². The molecule has 1 amide bonds. The zero-order chi connectivity index (χ0) is 14.8. The third kappa shape index (κ3) is 3.51. The van der Waals surface area contributed by atoms with Crippen molar-refractivity contribution in [1.82, 2.24) is 5.32 Å². The number of carbonyl (C=O) groups is 1. The Hall–Kier alpha value is -1.55. The van der Waals surface area contributed by atoms with Crippen molar-refractivity contribution in [1.29, 1.82) is 0 Å². The van der Waals surface area contributed by atoms with Gasteiger partial charge in [-0.1, -0.05) is 30.3 Å². The molecule has 0 aromatic heterocycles. The number of rotatable bonds is 4. The highest BCUT2D eigenvalue weighted by molar-refractivity contribution is 5.68. The molecular formula is C16H23NO3. The van der Waals surface area contributed by atoms with Crippen molar-refractivity contribution in [2.45, 2.75) is 45.3 Å². The van der Waals surface area contributed by atoms with Crippen molar-refractivity contribution in [3.8, 4) is 0 Å². The monoisotopic (exact) mass is 277 g/mol. The SMILES string of the molecule is CC(C)(C)OC(=O)NC(c1ccccc1)C1(CO)CC1. The van der Waals surface area contributed by atoms with Crippen LogP contribution in [0.1, 0.15) is 45.2 Å². The van der Waals surface area contributed by atoms with Crippen LogP contribution in [0.2, 0.25) is 0 Å². The summed E-state index contributed by atoms with van der Waals surface area (Å²) in [6.45, 7) is 5.58. The lowest BCUT2D eigenvalue weighted by Gasteiger charge is -2.28. The Labute approximate surface area is 120 Å². The highest BCUT2D eigenvalue weighted by atomic mass is 16.6. The first-order valence-corrected chi connectivity index (χ1v) is 7.02. The summed E-state index contributed by atoms with van der Waals surface area (Å²) in [7, 11) is 0. The molecule has 1 aromatic carbocycles. The van der Waals surface area contributed by atoms with E-state index >= 15 is 0 Å². The first kappa shape index (κ1) is 14.9. The van der Waals surface area contributed by atoms with E-state index in [1.807, 2.05) is 51.1 Å². The van der Waals surface area contributed by atoms with Crippen molar-refractivity contribution in [2.75, 3.05) is 6.61 Å². The Morgan fingerprint density at radius 2 is 1.95 bits per heavy atom. The van der Waals surface area contributed by atoms with Gasteiger partial charge in [-0.15, -0.1) is 0 Å². The molecule has 4 nitrogen and oxygen atoms in total. The number of hydrogen-bond acceptors (Lipinski definition) is 3. The number of carbonyl (C=O) groups excluding carboxylic acids is 1. The Morgan fingerprint density at radius 1 is 1.35 bits per heavy atom. The number of ether oxygens (including phenoxy) is 1. The fraction of sp³-hybridized carbons (Fsp3) is 0.562. The lowest BCUT2D eigenvalue weighted by Crippen LogP contribution is -2.39. The van der Waals surface area contributed by atoms with Gasteiger partial charge < -0.3 is 15.2 Å². The molecular weight excluding hydrogens is 254 g/mol. The molecule has 1 aliphatic carbocycles. The predicted molar refractivity (Wildman–Crippen MR) is 77.3 cm³/mol. The minimum Gasteiger partial charge on any atom is -0.444 e. The quantitative estimate of drug-likeness (QED) is 0.889. The number of aliphatic hydroxyl groups is 1. The average molecular weight is 277 g/mol. The van der Waals surface area contributed by atoms with E-state index in [9.17, 15) is 9.90 Å². The molecule has 1 aliphatic rings. The third-order valence-corrected chi connectivity index (χ3v) is 3.61. The van der Waals surface area contributed by atoms with Crippen molar-refractivity contribution < 1.29 is 14.6 Å². The summed E-state index contributed by atoms with van der Waals surface area (Å²) in [5.41, 5.74) is 0.240. The smallest absolute Gasteiger partial charge is 0.408 e. The van der Waals surface area contributed by atoms with Gasteiger partial charge in [-0.05, 0) is 39.2 Å². The molecule has 1 aromatic rings. The molecule has 0 saturated heterocycles. The van der Waals surface area contributed by atoms with Gasteiger partial charge >= 0.3 is 6.09 Å². The minimum atomic E-state index is -0.527. The van der Waals surface area contributed by atoms with Gasteiger partial charge in [-0.3, -0.25) is 0 Å². The fourth-order valence-electron chi connectivity index (χ4n) is 2.36. The summed E-state index contributed by atoms with van der Waals surface area (Å²) in [6.07, 6.45) is 1.39. The van der Waals surface area contributed by atoms with Crippen molar-refractivity contribution in [3.05, 3.63) is 35.9 Å². The highest BCUT2D eigenvalue weighted by Crippen LogP contribution is 2.54. The van der Waals surface area contributed by atoms with Crippen molar-refractivity contribution >= 4 is 6.09 Å². The lowest BCUT2D eigenvalue weighted by atomic mass is 9.91. The topological polar surface area (TPSA) is 58.6 Å². The largest absolute Gasteiger partial charge is 0.444 e. The zero-order valence-electron chi connectivity index (χ0n) is 12.3. The average Bonchev–Trinajstić information content (AvgIpc) is 3.16. The predicted octanol–water partition coefficient (Wildman–Crippen LogP) is 3.02. The van der Waals surface area contributed by atoms with Crippen LogP contribution in [0.3, 0.4) is 0 Å². The van der Waals surface area contributed by atoms with Gasteiger partial charge in [-0.25, -0.2) is 4.79 Å². The molecule has 0 aliphatic heterocycles. The first-order valence-electron chi connectivity index (χ1n) is 7.02. The van der Waals surface area contributed by atoms with E-state index in [1.165, 1.54) is 0 Å². The molecule has 1 saturated carbocycles. The summed E-state index contributed by atoms with van der Waals surface area (Å²) in [4.78, 5) is 12.0. The molecule has 1 fully saturated rings. The number of alkyl carbamates (subject to hydrolysis) is 1. The Balaban J connectivity index is 2.15. The van der Waals surface area contributed by atoms with Crippen LogP contribution in [0.15, 0.2) is 30.3 Å². The van der Waals surface area contributed by atoms with Gasteiger partial charge in [0.05, 0.1) is 12.6 Å². The maximum atomic E-state index is 12.0. The van der Waals surface area contributed by atoms with Gasteiger partial charge in [0.1, 0.15) is 5.60 Å². The van der Waals surface area contributed by atoms with Crippen molar-refractivity contribution in [3.63, 3.8) is 0 Å². The molecule has 0 radical (unpaired) electrons. The zero-order valence-corrected chi connectivity index (χ0v) is 12.3. The van der Waals surface area contributed by atoms with E-state index in [0.29, 0.717) is 0 Å². The fourth-order valence-corrected chi connectivity index (χ4v) is 2.36. The van der Waals surface area contributed by atoms with Crippen LogP contribution >= 0.6 is 0 Å². The third-order valence-electron chi connectivity index (χ3n) is 3.61. The maximum absolute atomic E-state index is 12.0. The van der Waals surface area contributed by atoms with E-state index < -0.39 is 11.7 Å². The van der Waals surface area contributed by atoms with Crippen LogP contribution in [0.4, 0.5) is 4.79 Å². The van der Waals surface area contributed by atoms with Crippen LogP contribution in [0, 0.1) is 5.41 Å². The Kier molecular flexibility index (Phi) is 4.04. The number of nitrogens with one attached hydrogen (secondary N) is 1. The second kappa shape index (κ2) is 5.44. The number of aliphatic hydroxyl groups excluding tert-OH is 1. The van der Waals surface area contributed by atoms with Gasteiger partial charge in [-0.2, -0.15) is 0 Å². The summed E-state index contributed by atoms with van der Waals surface area (Å²) in [5.74, 6) is 0. The summed E-state index contributed by atoms with van der Waals surface area (Å²) < 4.78 is 5.33. The van der Waals surface area contributed by atoms with Gasteiger partial charge in [0.25, 0.3) is 0 Å². The summed E-state index contributed by atoms with van der Waals surface area (Å²) >= 11 is 0. The van der Waals surface area contributed by atoms with E-state index in [0.717, 1.165) is 18.4 Å². The van der Waals surface area contributed by atoms with Crippen LogP contribution in [0.25, 0.3) is 0 Å². The molecule has 1 atom stereocenters. The van der Waals surface area contributed by atoms with Crippen molar-refractivity contribution in [2.24, 2.45) is 5.41 Å². The standard InChI is InChI=1S/C16H23NO3/c1-15(2,3)20-14(19)17-13(16(11-18)9-10-16)12-7-5-4-6-8-12/h4-8,13,18H,9-11H2,1-3H3,(H,17,19). The Bertz CT molecular complexity index is 460. The molecule has 2 rings (SSSR count). The maximum Gasteiger partial charge on any atom is 0.408 e. The van der Waals surface area contributed by atoms with E-state index in [1.54, 1.807) is 0 Å².